The van der Waals surface area contributed by atoms with Gasteiger partial charge in [-0.25, -0.2) is 8.42 Å². The Morgan fingerprint density at radius 1 is 1.07 bits per heavy atom. The van der Waals surface area contributed by atoms with Crippen molar-refractivity contribution in [1.82, 2.24) is 15.1 Å². The number of aromatic nitrogens is 2. The fraction of sp³-hybridized carbons (Fsp3) is 0.273. The van der Waals surface area contributed by atoms with Crippen LogP contribution in [0, 0.1) is 20.8 Å². The first-order valence-electron chi connectivity index (χ1n) is 9.72. The number of amides is 1. The molecule has 1 amide bonds. The highest BCUT2D eigenvalue weighted by atomic mass is 32.2. The van der Waals surface area contributed by atoms with Crippen LogP contribution < -0.4 is 10.0 Å². The average molecular weight is 427 g/mol. The minimum Gasteiger partial charge on any atom is -0.352 e. The van der Waals surface area contributed by atoms with E-state index < -0.39 is 10.0 Å². The Balaban J connectivity index is 1.57. The van der Waals surface area contributed by atoms with Crippen LogP contribution in [0.4, 0.5) is 5.69 Å². The Bertz CT molecular complexity index is 1140. The number of nitrogens with zero attached hydrogens (tertiary/aromatic N) is 2. The molecule has 158 valence electrons. The zero-order chi connectivity index (χ0) is 21.7. The zero-order valence-corrected chi connectivity index (χ0v) is 18.2. The van der Waals surface area contributed by atoms with Gasteiger partial charge in [-0.2, -0.15) is 5.10 Å². The van der Waals surface area contributed by atoms with Crippen LogP contribution in [-0.4, -0.2) is 30.7 Å². The lowest BCUT2D eigenvalue weighted by Crippen LogP contribution is -2.25. The Hall–Kier alpha value is -3.13. The van der Waals surface area contributed by atoms with Crippen LogP contribution in [0.25, 0.3) is 0 Å². The van der Waals surface area contributed by atoms with Gasteiger partial charge in [0.25, 0.3) is 15.9 Å². The number of carbonyl (C=O) groups excluding carboxylic acids is 1. The van der Waals surface area contributed by atoms with Crippen molar-refractivity contribution in [2.24, 2.45) is 0 Å². The van der Waals surface area contributed by atoms with Gasteiger partial charge in [-0.15, -0.1) is 0 Å². The van der Waals surface area contributed by atoms with Crippen molar-refractivity contribution in [2.45, 2.75) is 38.6 Å². The number of hydrogen-bond acceptors (Lipinski definition) is 4. The minimum atomic E-state index is -3.74. The maximum atomic E-state index is 12.7. The smallest absolute Gasteiger partial charge is 0.261 e. The van der Waals surface area contributed by atoms with Crippen LogP contribution in [-0.2, 0) is 16.6 Å². The van der Waals surface area contributed by atoms with Gasteiger partial charge in [-0.1, -0.05) is 12.1 Å². The van der Waals surface area contributed by atoms with Crippen LogP contribution in [0.3, 0.4) is 0 Å². The zero-order valence-electron chi connectivity index (χ0n) is 17.3. The van der Waals surface area contributed by atoms with E-state index in [-0.39, 0.29) is 10.8 Å². The molecule has 1 aromatic heterocycles. The van der Waals surface area contributed by atoms with E-state index >= 15 is 0 Å². The molecule has 0 aliphatic rings. The monoisotopic (exact) mass is 426 g/mol. The maximum absolute atomic E-state index is 12.7. The number of rotatable bonds is 8. The SMILES string of the molecule is Cc1cnn(CCCNC(=O)c2ccc(S(=O)(=O)Nc3cccc(C)c3C)cc2)c1. The van der Waals surface area contributed by atoms with Gasteiger partial charge in [0.2, 0.25) is 0 Å². The second-order valence-electron chi connectivity index (χ2n) is 7.27. The molecule has 0 bridgehead atoms. The molecule has 0 saturated heterocycles. The molecule has 0 spiro atoms. The standard InChI is InChI=1S/C22H26N4O3S/c1-16-14-24-26(15-16)13-5-12-23-22(27)19-8-10-20(11-9-19)30(28,29)25-21-7-4-6-17(2)18(21)3/h4,6-11,14-15,25H,5,12-13H2,1-3H3,(H,23,27). The number of hydrogen-bond donors (Lipinski definition) is 2. The summed E-state index contributed by atoms with van der Waals surface area (Å²) < 4.78 is 29.8. The van der Waals surface area contributed by atoms with Crippen molar-refractivity contribution >= 4 is 21.6 Å². The van der Waals surface area contributed by atoms with E-state index in [0.29, 0.717) is 17.8 Å². The molecule has 8 heteroatoms. The largest absolute Gasteiger partial charge is 0.352 e. The molecule has 1 heterocycles. The molecule has 30 heavy (non-hydrogen) atoms. The first-order valence-corrected chi connectivity index (χ1v) is 11.2. The van der Waals surface area contributed by atoms with E-state index in [9.17, 15) is 13.2 Å². The summed E-state index contributed by atoms with van der Waals surface area (Å²) in [6.45, 7) is 7.00. The summed E-state index contributed by atoms with van der Waals surface area (Å²) in [7, 11) is -3.74. The molecule has 2 aromatic carbocycles. The first kappa shape index (κ1) is 21.6. The van der Waals surface area contributed by atoms with Crippen LogP contribution >= 0.6 is 0 Å². The van der Waals surface area contributed by atoms with Gasteiger partial charge in [-0.3, -0.25) is 14.2 Å². The number of benzene rings is 2. The third kappa shape index (κ3) is 5.27. The molecule has 0 radical (unpaired) electrons. The quantitative estimate of drug-likeness (QED) is 0.540. The molecule has 0 saturated carbocycles. The third-order valence-corrected chi connectivity index (χ3v) is 6.27. The van der Waals surface area contributed by atoms with Crippen LogP contribution in [0.2, 0.25) is 0 Å². The van der Waals surface area contributed by atoms with Crippen molar-refractivity contribution in [3.63, 3.8) is 0 Å². The fourth-order valence-electron chi connectivity index (χ4n) is 2.99. The van der Waals surface area contributed by atoms with E-state index in [1.165, 1.54) is 24.3 Å². The predicted molar refractivity (Wildman–Crippen MR) is 117 cm³/mol. The van der Waals surface area contributed by atoms with Crippen molar-refractivity contribution in [3.05, 3.63) is 77.1 Å². The lowest BCUT2D eigenvalue weighted by atomic mass is 10.1. The average Bonchev–Trinajstić information content (AvgIpc) is 3.14. The van der Waals surface area contributed by atoms with Crippen molar-refractivity contribution in [3.8, 4) is 0 Å². The molecule has 0 unspecified atom stereocenters. The molecular formula is C22H26N4O3S. The second kappa shape index (κ2) is 9.13. The molecule has 0 atom stereocenters. The van der Waals surface area contributed by atoms with E-state index in [2.05, 4.69) is 15.1 Å². The number of nitrogens with one attached hydrogen (secondary N) is 2. The molecule has 2 N–H and O–H groups in total. The van der Waals surface area contributed by atoms with E-state index in [4.69, 9.17) is 0 Å². The molecule has 0 aliphatic heterocycles. The van der Waals surface area contributed by atoms with Gasteiger partial charge in [0.1, 0.15) is 0 Å². The van der Waals surface area contributed by atoms with Crippen LogP contribution in [0.15, 0.2) is 59.8 Å². The molecular weight excluding hydrogens is 400 g/mol. The summed E-state index contributed by atoms with van der Waals surface area (Å²) in [4.78, 5) is 12.4. The van der Waals surface area contributed by atoms with Gasteiger partial charge in [0.05, 0.1) is 16.8 Å². The van der Waals surface area contributed by atoms with Gasteiger partial charge < -0.3 is 5.32 Å². The van der Waals surface area contributed by atoms with E-state index in [0.717, 1.165) is 29.7 Å². The molecule has 0 fully saturated rings. The highest BCUT2D eigenvalue weighted by Crippen LogP contribution is 2.22. The van der Waals surface area contributed by atoms with Crippen molar-refractivity contribution in [1.29, 1.82) is 0 Å². The second-order valence-corrected chi connectivity index (χ2v) is 8.95. The Labute approximate surface area is 177 Å². The molecule has 3 aromatic rings. The van der Waals surface area contributed by atoms with Crippen LogP contribution in [0.5, 0.6) is 0 Å². The Morgan fingerprint density at radius 3 is 2.47 bits per heavy atom. The highest BCUT2D eigenvalue weighted by Gasteiger charge is 2.16. The first-order chi connectivity index (χ1) is 14.3. The van der Waals surface area contributed by atoms with Gasteiger partial charge in [0, 0.05) is 24.8 Å². The van der Waals surface area contributed by atoms with Crippen molar-refractivity contribution < 1.29 is 13.2 Å². The summed E-state index contributed by atoms with van der Waals surface area (Å²) in [6.07, 6.45) is 4.50. The Kier molecular flexibility index (Phi) is 6.56. The Morgan fingerprint density at radius 2 is 1.80 bits per heavy atom. The number of carbonyl (C=O) groups is 1. The lowest BCUT2D eigenvalue weighted by molar-refractivity contribution is 0.0952. The third-order valence-electron chi connectivity index (χ3n) is 4.89. The topological polar surface area (TPSA) is 93.1 Å². The number of anilines is 1. The number of sulfonamides is 1. The van der Waals surface area contributed by atoms with Gasteiger partial charge >= 0.3 is 0 Å². The summed E-state index contributed by atoms with van der Waals surface area (Å²) in [6, 6.07) is 11.4. The summed E-state index contributed by atoms with van der Waals surface area (Å²) >= 11 is 0. The van der Waals surface area contributed by atoms with Crippen LogP contribution in [0.1, 0.15) is 33.5 Å². The van der Waals surface area contributed by atoms with E-state index in [1.54, 1.807) is 18.3 Å². The fourth-order valence-corrected chi connectivity index (χ4v) is 4.11. The highest BCUT2D eigenvalue weighted by molar-refractivity contribution is 7.92. The van der Waals surface area contributed by atoms with Gasteiger partial charge in [-0.05, 0) is 74.2 Å². The molecule has 0 aliphatic carbocycles. The lowest BCUT2D eigenvalue weighted by Gasteiger charge is -2.12. The predicted octanol–water partition coefficient (Wildman–Crippen LogP) is 3.43. The minimum absolute atomic E-state index is 0.106. The normalized spacial score (nSPS) is 11.3. The van der Waals surface area contributed by atoms with E-state index in [1.807, 2.05) is 37.7 Å². The maximum Gasteiger partial charge on any atom is 0.261 e. The van der Waals surface area contributed by atoms with Crippen molar-refractivity contribution in [2.75, 3.05) is 11.3 Å². The van der Waals surface area contributed by atoms with Gasteiger partial charge in [0.15, 0.2) is 0 Å². The summed E-state index contributed by atoms with van der Waals surface area (Å²) in [5, 5.41) is 7.05. The molecule has 7 nitrogen and oxygen atoms in total. The number of aryl methyl sites for hydroxylation is 3. The molecule has 3 rings (SSSR count). The summed E-state index contributed by atoms with van der Waals surface area (Å²) in [5.74, 6) is -0.238. The summed E-state index contributed by atoms with van der Waals surface area (Å²) in [5.41, 5.74) is 3.94.